The first kappa shape index (κ1) is 17.3. The van der Waals surface area contributed by atoms with Crippen molar-refractivity contribution in [2.24, 2.45) is 0 Å². The minimum atomic E-state index is -0.0181. The second-order valence-electron chi connectivity index (χ2n) is 5.15. The molecule has 0 aliphatic carbocycles. The van der Waals surface area contributed by atoms with Gasteiger partial charge in [-0.15, -0.1) is 0 Å². The summed E-state index contributed by atoms with van der Waals surface area (Å²) in [6, 6.07) is 13.4. The molecular weight excluding hydrogens is 356 g/mol. The number of nitrogens with one attached hydrogen (secondary N) is 2. The SMILES string of the molecule is CCOc1ccc(NC(=O)CCNc2ccc(Br)c(C)c2)cc1. The molecule has 0 aliphatic rings. The molecule has 1 amide bonds. The van der Waals surface area contributed by atoms with E-state index in [2.05, 4.69) is 32.6 Å². The molecule has 4 nitrogen and oxygen atoms in total. The minimum Gasteiger partial charge on any atom is -0.494 e. The van der Waals surface area contributed by atoms with Crippen LogP contribution in [0, 0.1) is 6.92 Å². The molecule has 0 aromatic heterocycles. The van der Waals surface area contributed by atoms with Gasteiger partial charge in [-0.3, -0.25) is 4.79 Å². The number of ether oxygens (including phenoxy) is 1. The Kier molecular flexibility index (Phi) is 6.47. The number of carbonyl (C=O) groups excluding carboxylic acids is 1. The largest absolute Gasteiger partial charge is 0.494 e. The molecule has 0 saturated heterocycles. The second kappa shape index (κ2) is 8.58. The van der Waals surface area contributed by atoms with Gasteiger partial charge in [-0.05, 0) is 61.9 Å². The van der Waals surface area contributed by atoms with Gasteiger partial charge >= 0.3 is 0 Å². The Morgan fingerprint density at radius 1 is 1.13 bits per heavy atom. The standard InChI is InChI=1S/C18H21BrN2O2/c1-3-23-16-7-4-14(5-8-16)21-18(22)10-11-20-15-6-9-17(19)13(2)12-15/h4-9,12,20H,3,10-11H2,1-2H3,(H,21,22). The Morgan fingerprint density at radius 3 is 2.48 bits per heavy atom. The van der Waals surface area contributed by atoms with E-state index in [0.717, 1.165) is 27.2 Å². The molecular formula is C18H21BrN2O2. The predicted octanol–water partition coefficient (Wildman–Crippen LogP) is 4.60. The van der Waals surface area contributed by atoms with Gasteiger partial charge in [0.05, 0.1) is 6.61 Å². The maximum absolute atomic E-state index is 11.9. The third kappa shape index (κ3) is 5.60. The first-order valence-electron chi connectivity index (χ1n) is 7.61. The molecule has 2 aromatic carbocycles. The summed E-state index contributed by atoms with van der Waals surface area (Å²) >= 11 is 3.47. The Balaban J connectivity index is 1.77. The molecule has 0 spiro atoms. The van der Waals surface area contributed by atoms with Crippen molar-refractivity contribution in [3.63, 3.8) is 0 Å². The van der Waals surface area contributed by atoms with Crippen LogP contribution < -0.4 is 15.4 Å². The zero-order chi connectivity index (χ0) is 16.7. The smallest absolute Gasteiger partial charge is 0.226 e. The highest BCUT2D eigenvalue weighted by Crippen LogP contribution is 2.20. The second-order valence-corrected chi connectivity index (χ2v) is 6.00. The number of hydrogen-bond acceptors (Lipinski definition) is 3. The molecule has 0 unspecified atom stereocenters. The van der Waals surface area contributed by atoms with Gasteiger partial charge < -0.3 is 15.4 Å². The molecule has 5 heteroatoms. The Morgan fingerprint density at radius 2 is 1.83 bits per heavy atom. The number of aryl methyl sites for hydroxylation is 1. The zero-order valence-electron chi connectivity index (χ0n) is 13.4. The van der Waals surface area contributed by atoms with Gasteiger partial charge in [-0.1, -0.05) is 15.9 Å². The van der Waals surface area contributed by atoms with Crippen LogP contribution >= 0.6 is 15.9 Å². The van der Waals surface area contributed by atoms with Gasteiger partial charge in [0.1, 0.15) is 5.75 Å². The number of amides is 1. The van der Waals surface area contributed by atoms with E-state index in [1.54, 1.807) is 0 Å². The van der Waals surface area contributed by atoms with Crippen molar-refractivity contribution in [3.8, 4) is 5.75 Å². The lowest BCUT2D eigenvalue weighted by Crippen LogP contribution is -2.16. The molecule has 2 rings (SSSR count). The Bertz CT molecular complexity index is 657. The molecule has 2 N–H and O–H groups in total. The van der Waals surface area contributed by atoms with Crippen LogP contribution in [-0.2, 0) is 4.79 Å². The van der Waals surface area contributed by atoms with Crippen LogP contribution in [0.2, 0.25) is 0 Å². The monoisotopic (exact) mass is 376 g/mol. The molecule has 0 atom stereocenters. The highest BCUT2D eigenvalue weighted by Gasteiger charge is 2.03. The Labute approximate surface area is 145 Å². The van der Waals surface area contributed by atoms with Gasteiger partial charge in [0, 0.05) is 28.8 Å². The van der Waals surface area contributed by atoms with Gasteiger partial charge in [0.2, 0.25) is 5.91 Å². The third-order valence-electron chi connectivity index (χ3n) is 3.29. The van der Waals surface area contributed by atoms with Crippen LogP contribution in [0.5, 0.6) is 5.75 Å². The van der Waals surface area contributed by atoms with Crippen LogP contribution in [0.1, 0.15) is 18.9 Å². The van der Waals surface area contributed by atoms with E-state index in [1.165, 1.54) is 0 Å². The van der Waals surface area contributed by atoms with Crippen molar-refractivity contribution in [1.29, 1.82) is 0 Å². The van der Waals surface area contributed by atoms with Gasteiger partial charge in [-0.25, -0.2) is 0 Å². The van der Waals surface area contributed by atoms with Crippen molar-refractivity contribution < 1.29 is 9.53 Å². The third-order valence-corrected chi connectivity index (χ3v) is 4.18. The summed E-state index contributed by atoms with van der Waals surface area (Å²) in [5, 5.41) is 6.13. The minimum absolute atomic E-state index is 0.0181. The lowest BCUT2D eigenvalue weighted by molar-refractivity contribution is -0.115. The molecule has 0 aliphatic heterocycles. The summed E-state index contributed by atoms with van der Waals surface area (Å²) in [7, 11) is 0. The van der Waals surface area contributed by atoms with Gasteiger partial charge in [0.25, 0.3) is 0 Å². The van der Waals surface area contributed by atoms with Crippen LogP contribution in [0.4, 0.5) is 11.4 Å². The molecule has 0 saturated carbocycles. The van der Waals surface area contributed by atoms with Crippen molar-refractivity contribution in [2.75, 3.05) is 23.8 Å². The predicted molar refractivity (Wildman–Crippen MR) is 98.2 cm³/mol. The fourth-order valence-corrected chi connectivity index (χ4v) is 2.35. The zero-order valence-corrected chi connectivity index (χ0v) is 14.9. The number of anilines is 2. The van der Waals surface area contributed by atoms with Crippen molar-refractivity contribution >= 4 is 33.2 Å². The summed E-state index contributed by atoms with van der Waals surface area (Å²) in [5.74, 6) is 0.785. The van der Waals surface area contributed by atoms with E-state index in [-0.39, 0.29) is 5.91 Å². The molecule has 0 radical (unpaired) electrons. The molecule has 23 heavy (non-hydrogen) atoms. The normalized spacial score (nSPS) is 10.2. The maximum Gasteiger partial charge on any atom is 0.226 e. The molecule has 0 fully saturated rings. The topological polar surface area (TPSA) is 50.4 Å². The molecule has 2 aromatic rings. The number of halogens is 1. The Hall–Kier alpha value is -2.01. The first-order valence-corrected chi connectivity index (χ1v) is 8.40. The molecule has 122 valence electrons. The summed E-state index contributed by atoms with van der Waals surface area (Å²) in [6.45, 7) is 5.19. The van der Waals surface area contributed by atoms with E-state index in [9.17, 15) is 4.79 Å². The quantitative estimate of drug-likeness (QED) is 0.742. The van der Waals surface area contributed by atoms with E-state index in [0.29, 0.717) is 19.6 Å². The van der Waals surface area contributed by atoms with E-state index < -0.39 is 0 Å². The fraction of sp³-hybridized carbons (Fsp3) is 0.278. The summed E-state index contributed by atoms with van der Waals surface area (Å²) < 4.78 is 6.45. The lowest BCUT2D eigenvalue weighted by atomic mass is 10.2. The number of hydrogen-bond donors (Lipinski definition) is 2. The van der Waals surface area contributed by atoms with E-state index in [4.69, 9.17) is 4.74 Å². The first-order chi connectivity index (χ1) is 11.1. The lowest BCUT2D eigenvalue weighted by Gasteiger charge is -2.09. The summed E-state index contributed by atoms with van der Waals surface area (Å²) in [6.07, 6.45) is 0.405. The van der Waals surface area contributed by atoms with Crippen LogP contribution in [0.25, 0.3) is 0 Å². The average Bonchev–Trinajstić information content (AvgIpc) is 2.53. The van der Waals surface area contributed by atoms with Crippen molar-refractivity contribution in [3.05, 3.63) is 52.5 Å². The average molecular weight is 377 g/mol. The van der Waals surface area contributed by atoms with E-state index >= 15 is 0 Å². The maximum atomic E-state index is 11.9. The molecule has 0 bridgehead atoms. The van der Waals surface area contributed by atoms with Crippen LogP contribution in [0.15, 0.2) is 46.9 Å². The summed E-state index contributed by atoms with van der Waals surface area (Å²) in [5.41, 5.74) is 2.95. The van der Waals surface area contributed by atoms with Crippen LogP contribution in [0.3, 0.4) is 0 Å². The van der Waals surface area contributed by atoms with Crippen molar-refractivity contribution in [2.45, 2.75) is 20.3 Å². The van der Waals surface area contributed by atoms with Gasteiger partial charge in [0.15, 0.2) is 0 Å². The van der Waals surface area contributed by atoms with Gasteiger partial charge in [-0.2, -0.15) is 0 Å². The highest BCUT2D eigenvalue weighted by atomic mass is 79.9. The molecule has 0 heterocycles. The fourth-order valence-electron chi connectivity index (χ4n) is 2.10. The number of rotatable bonds is 7. The van der Waals surface area contributed by atoms with Crippen LogP contribution in [-0.4, -0.2) is 19.1 Å². The summed E-state index contributed by atoms with van der Waals surface area (Å²) in [4.78, 5) is 11.9. The highest BCUT2D eigenvalue weighted by molar-refractivity contribution is 9.10. The van der Waals surface area contributed by atoms with E-state index in [1.807, 2.05) is 50.2 Å². The number of benzene rings is 2. The number of carbonyl (C=O) groups is 1. The van der Waals surface area contributed by atoms with Crippen molar-refractivity contribution in [1.82, 2.24) is 0 Å².